The molecule has 0 saturated heterocycles. The third kappa shape index (κ3) is 2.96. The van der Waals surface area contributed by atoms with Crippen molar-refractivity contribution in [1.29, 1.82) is 0 Å². The minimum atomic E-state index is 0.715. The molecule has 5 nitrogen and oxygen atoms in total. The van der Waals surface area contributed by atoms with Crippen molar-refractivity contribution >= 4 is 33.3 Å². The Morgan fingerprint density at radius 1 is 1.21 bits per heavy atom. The number of rotatable bonds is 4. The summed E-state index contributed by atoms with van der Waals surface area (Å²) >= 11 is 3.48. The second-order valence-corrected chi connectivity index (χ2v) is 4.73. The maximum absolute atomic E-state index is 5.19. The Morgan fingerprint density at radius 3 is 2.58 bits per heavy atom. The van der Waals surface area contributed by atoms with E-state index in [-0.39, 0.29) is 0 Å². The first-order chi connectivity index (χ1) is 9.15. The lowest BCUT2D eigenvalue weighted by atomic mass is 10.2. The quantitative estimate of drug-likeness (QED) is 0.904. The number of halogens is 1. The maximum atomic E-state index is 5.19. The summed E-state index contributed by atoms with van der Waals surface area (Å²) in [5, 5.41) is 6.27. The Morgan fingerprint density at radius 2 is 1.95 bits per heavy atom. The van der Waals surface area contributed by atoms with Crippen molar-refractivity contribution in [2.45, 2.75) is 6.92 Å². The molecule has 0 bridgehead atoms. The minimum absolute atomic E-state index is 0.715. The van der Waals surface area contributed by atoms with Gasteiger partial charge in [0.2, 0.25) is 0 Å². The van der Waals surface area contributed by atoms with E-state index in [1.807, 2.05) is 32.2 Å². The van der Waals surface area contributed by atoms with E-state index in [2.05, 4.69) is 36.5 Å². The maximum Gasteiger partial charge on any atom is 0.150 e. The lowest BCUT2D eigenvalue weighted by Crippen LogP contribution is -2.01. The van der Waals surface area contributed by atoms with Gasteiger partial charge in [-0.1, -0.05) is 0 Å². The lowest BCUT2D eigenvalue weighted by Gasteiger charge is -2.12. The van der Waals surface area contributed by atoms with Gasteiger partial charge in [0.15, 0.2) is 0 Å². The fraction of sp³-hybridized carbons (Fsp3) is 0.231. The first-order valence-electron chi connectivity index (χ1n) is 5.75. The lowest BCUT2D eigenvalue weighted by molar-refractivity contribution is 0.414. The molecule has 0 aliphatic rings. The molecule has 0 radical (unpaired) electrons. The zero-order chi connectivity index (χ0) is 13.8. The molecule has 0 saturated carbocycles. The van der Waals surface area contributed by atoms with Gasteiger partial charge in [-0.25, -0.2) is 9.97 Å². The molecule has 2 aromatic rings. The number of hydrogen-bond donors (Lipinski definition) is 2. The zero-order valence-electron chi connectivity index (χ0n) is 11.0. The Bertz CT molecular complexity index is 589. The van der Waals surface area contributed by atoms with E-state index in [4.69, 9.17) is 4.74 Å². The van der Waals surface area contributed by atoms with Gasteiger partial charge in [0, 0.05) is 12.7 Å². The van der Waals surface area contributed by atoms with E-state index >= 15 is 0 Å². The zero-order valence-corrected chi connectivity index (χ0v) is 12.6. The van der Waals surface area contributed by atoms with Gasteiger partial charge in [0.05, 0.1) is 7.11 Å². The van der Waals surface area contributed by atoms with E-state index in [1.54, 1.807) is 7.11 Å². The van der Waals surface area contributed by atoms with Gasteiger partial charge in [0.1, 0.15) is 28.2 Å². The molecule has 2 rings (SSSR count). The molecular formula is C13H15BrN4O. The summed E-state index contributed by atoms with van der Waals surface area (Å²) < 4.78 is 5.99. The summed E-state index contributed by atoms with van der Waals surface area (Å²) in [6.45, 7) is 2.01. The van der Waals surface area contributed by atoms with E-state index in [0.717, 1.165) is 27.3 Å². The molecule has 0 aliphatic carbocycles. The minimum Gasteiger partial charge on any atom is -0.497 e. The Balaban J connectivity index is 2.31. The number of ether oxygens (including phenoxy) is 1. The Hall–Kier alpha value is -1.82. The van der Waals surface area contributed by atoms with E-state index in [0.29, 0.717) is 5.82 Å². The van der Waals surface area contributed by atoms with Gasteiger partial charge < -0.3 is 15.4 Å². The van der Waals surface area contributed by atoms with E-state index < -0.39 is 0 Å². The predicted molar refractivity (Wildman–Crippen MR) is 80.3 cm³/mol. The highest BCUT2D eigenvalue weighted by atomic mass is 79.9. The Kier molecular flexibility index (Phi) is 4.21. The second kappa shape index (κ2) is 5.88. The van der Waals surface area contributed by atoms with Gasteiger partial charge >= 0.3 is 0 Å². The van der Waals surface area contributed by atoms with Crippen LogP contribution in [0.3, 0.4) is 0 Å². The van der Waals surface area contributed by atoms with Crippen LogP contribution in [0.5, 0.6) is 5.75 Å². The summed E-state index contributed by atoms with van der Waals surface area (Å²) in [4.78, 5) is 8.35. The first-order valence-corrected chi connectivity index (χ1v) is 6.55. The molecule has 0 unspecified atom stereocenters. The molecule has 1 aromatic heterocycles. The standard InChI is InChI=1S/C13H15BrN4O/c1-8-6-9(19-3)4-5-10(8)18-13-11(14)12(15-2)16-7-17-13/h4-7H,1-3H3,(H2,15,16,17,18). The highest BCUT2D eigenvalue weighted by molar-refractivity contribution is 9.10. The summed E-state index contributed by atoms with van der Waals surface area (Å²) in [5.41, 5.74) is 2.05. The number of nitrogens with one attached hydrogen (secondary N) is 2. The normalized spacial score (nSPS) is 10.1. The van der Waals surface area contributed by atoms with Crippen LogP contribution < -0.4 is 15.4 Å². The summed E-state index contributed by atoms with van der Waals surface area (Å²) in [6, 6.07) is 5.83. The molecule has 0 amide bonds. The van der Waals surface area contributed by atoms with E-state index in [9.17, 15) is 0 Å². The molecule has 1 heterocycles. The number of benzene rings is 1. The van der Waals surface area contributed by atoms with Crippen molar-refractivity contribution in [3.63, 3.8) is 0 Å². The van der Waals surface area contributed by atoms with Crippen molar-refractivity contribution in [1.82, 2.24) is 9.97 Å². The van der Waals surface area contributed by atoms with Crippen molar-refractivity contribution in [3.8, 4) is 5.75 Å². The number of nitrogens with zero attached hydrogens (tertiary/aromatic N) is 2. The fourth-order valence-corrected chi connectivity index (χ4v) is 2.16. The fourth-order valence-electron chi connectivity index (χ4n) is 1.66. The third-order valence-electron chi connectivity index (χ3n) is 2.71. The van der Waals surface area contributed by atoms with Gasteiger partial charge in [-0.3, -0.25) is 0 Å². The molecule has 0 spiro atoms. The second-order valence-electron chi connectivity index (χ2n) is 3.94. The van der Waals surface area contributed by atoms with Crippen LogP contribution in [0.4, 0.5) is 17.3 Å². The monoisotopic (exact) mass is 322 g/mol. The molecule has 6 heteroatoms. The average molecular weight is 323 g/mol. The van der Waals surface area contributed by atoms with Crippen LogP contribution in [0.2, 0.25) is 0 Å². The molecule has 19 heavy (non-hydrogen) atoms. The van der Waals surface area contributed by atoms with Crippen molar-refractivity contribution in [3.05, 3.63) is 34.6 Å². The van der Waals surface area contributed by atoms with E-state index in [1.165, 1.54) is 6.33 Å². The molecular weight excluding hydrogens is 308 g/mol. The molecule has 1 aromatic carbocycles. The third-order valence-corrected chi connectivity index (χ3v) is 3.46. The molecule has 100 valence electrons. The number of aromatic nitrogens is 2. The van der Waals surface area contributed by atoms with Crippen molar-refractivity contribution in [2.24, 2.45) is 0 Å². The van der Waals surface area contributed by atoms with Crippen molar-refractivity contribution < 1.29 is 4.74 Å². The highest BCUT2D eigenvalue weighted by Crippen LogP contribution is 2.30. The first kappa shape index (κ1) is 13.6. The van der Waals surface area contributed by atoms with Crippen LogP contribution >= 0.6 is 15.9 Å². The number of anilines is 3. The number of aryl methyl sites for hydroxylation is 1. The molecule has 0 aliphatic heterocycles. The van der Waals surface area contributed by atoms with Gasteiger partial charge in [-0.05, 0) is 46.6 Å². The molecule has 0 fully saturated rings. The van der Waals surface area contributed by atoms with Gasteiger partial charge in [-0.2, -0.15) is 0 Å². The van der Waals surface area contributed by atoms with Gasteiger partial charge in [-0.15, -0.1) is 0 Å². The van der Waals surface area contributed by atoms with Crippen molar-refractivity contribution in [2.75, 3.05) is 24.8 Å². The highest BCUT2D eigenvalue weighted by Gasteiger charge is 2.09. The summed E-state index contributed by atoms with van der Waals surface area (Å²) in [6.07, 6.45) is 1.51. The SMILES string of the molecule is CNc1ncnc(Nc2ccc(OC)cc2C)c1Br. The Labute approximate surface area is 120 Å². The predicted octanol–water partition coefficient (Wildman–Crippen LogP) is 3.34. The van der Waals surface area contributed by atoms with Crippen LogP contribution in [-0.4, -0.2) is 24.1 Å². The molecule has 2 N–H and O–H groups in total. The summed E-state index contributed by atoms with van der Waals surface area (Å²) in [5.74, 6) is 2.29. The smallest absolute Gasteiger partial charge is 0.150 e. The average Bonchev–Trinajstić information content (AvgIpc) is 2.43. The largest absolute Gasteiger partial charge is 0.497 e. The number of methoxy groups -OCH3 is 1. The van der Waals surface area contributed by atoms with Gasteiger partial charge in [0.25, 0.3) is 0 Å². The van der Waals surface area contributed by atoms with Crippen LogP contribution in [0.25, 0.3) is 0 Å². The molecule has 0 atom stereocenters. The van der Waals surface area contributed by atoms with Crippen LogP contribution in [0, 0.1) is 6.92 Å². The van der Waals surface area contributed by atoms with Crippen LogP contribution in [0.1, 0.15) is 5.56 Å². The number of hydrogen-bond acceptors (Lipinski definition) is 5. The van der Waals surface area contributed by atoms with Crippen LogP contribution in [0.15, 0.2) is 29.0 Å². The van der Waals surface area contributed by atoms with Crippen LogP contribution in [-0.2, 0) is 0 Å². The summed E-state index contributed by atoms with van der Waals surface area (Å²) in [7, 11) is 3.47. The topological polar surface area (TPSA) is 59.1 Å².